The first-order valence-corrected chi connectivity index (χ1v) is 8.73. The first kappa shape index (κ1) is 15.7. The van der Waals surface area contributed by atoms with Crippen LogP contribution >= 0.6 is 15.9 Å². The highest BCUT2D eigenvalue weighted by Gasteiger charge is 2.19. The van der Waals surface area contributed by atoms with Crippen molar-refractivity contribution in [1.82, 2.24) is 15.4 Å². The predicted octanol–water partition coefficient (Wildman–Crippen LogP) is 5.64. The van der Waals surface area contributed by atoms with Crippen molar-refractivity contribution in [3.05, 3.63) is 89.4 Å². The maximum Gasteiger partial charge on any atom is 0.105 e. The van der Waals surface area contributed by atoms with Crippen molar-refractivity contribution in [3.8, 4) is 33.6 Å². The van der Waals surface area contributed by atoms with Gasteiger partial charge in [-0.05, 0) is 11.3 Å². The van der Waals surface area contributed by atoms with Crippen molar-refractivity contribution in [3.63, 3.8) is 0 Å². The molecule has 0 N–H and O–H groups in total. The highest BCUT2D eigenvalue weighted by atomic mass is 79.9. The Hall–Kier alpha value is -2.85. The molecule has 0 saturated heterocycles. The van der Waals surface area contributed by atoms with Crippen LogP contribution < -0.4 is 0 Å². The van der Waals surface area contributed by atoms with Crippen molar-refractivity contribution in [1.29, 1.82) is 0 Å². The molecular formula is C21H14BrN3. The summed E-state index contributed by atoms with van der Waals surface area (Å²) in [7, 11) is 0. The second-order valence-corrected chi connectivity index (χ2v) is 6.43. The van der Waals surface area contributed by atoms with E-state index in [2.05, 4.69) is 37.4 Å². The molecule has 0 saturated carbocycles. The smallest absolute Gasteiger partial charge is 0.105 e. The zero-order valence-corrected chi connectivity index (χ0v) is 14.9. The molecule has 0 amide bonds. The maximum absolute atomic E-state index is 4.37. The zero-order valence-electron chi connectivity index (χ0n) is 13.3. The van der Waals surface area contributed by atoms with Gasteiger partial charge in [-0.3, -0.25) is 0 Å². The molecule has 0 radical (unpaired) electrons. The Labute approximate surface area is 154 Å². The van der Waals surface area contributed by atoms with Gasteiger partial charge in [-0.15, -0.1) is 10.2 Å². The summed E-state index contributed by atoms with van der Waals surface area (Å²) in [4.78, 5) is 0. The minimum Gasteiger partial charge on any atom is -0.129 e. The average molecular weight is 388 g/mol. The van der Waals surface area contributed by atoms with Gasteiger partial charge in [-0.1, -0.05) is 94.8 Å². The van der Waals surface area contributed by atoms with E-state index in [0.717, 1.165) is 38.1 Å². The number of hydrogen-bond acceptors (Lipinski definition) is 3. The van der Waals surface area contributed by atoms with Gasteiger partial charge in [0.2, 0.25) is 0 Å². The van der Waals surface area contributed by atoms with Crippen LogP contribution in [0.15, 0.2) is 89.4 Å². The van der Waals surface area contributed by atoms with Crippen LogP contribution in [0.4, 0.5) is 0 Å². The minimum absolute atomic E-state index is 0.821. The van der Waals surface area contributed by atoms with Crippen LogP contribution in [-0.4, -0.2) is 15.4 Å². The molecule has 0 unspecified atom stereocenters. The van der Waals surface area contributed by atoms with Gasteiger partial charge in [-0.25, -0.2) is 0 Å². The van der Waals surface area contributed by atoms with Crippen LogP contribution in [0.3, 0.4) is 0 Å². The Morgan fingerprint density at radius 1 is 0.560 bits per heavy atom. The first-order valence-electron chi connectivity index (χ1n) is 7.93. The molecule has 3 nitrogen and oxygen atoms in total. The summed E-state index contributed by atoms with van der Waals surface area (Å²) < 4.78 is 0.999. The van der Waals surface area contributed by atoms with E-state index in [1.165, 1.54) is 0 Å². The summed E-state index contributed by atoms with van der Waals surface area (Å²) in [5.41, 5.74) is 5.69. The molecule has 0 aliphatic carbocycles. The van der Waals surface area contributed by atoms with Gasteiger partial charge < -0.3 is 0 Å². The van der Waals surface area contributed by atoms with Crippen molar-refractivity contribution in [2.75, 3.05) is 0 Å². The third-order valence-corrected chi connectivity index (χ3v) is 4.69. The van der Waals surface area contributed by atoms with Gasteiger partial charge in [0, 0.05) is 26.7 Å². The largest absolute Gasteiger partial charge is 0.129 e. The van der Waals surface area contributed by atoms with Gasteiger partial charge in [0.15, 0.2) is 0 Å². The molecule has 0 fully saturated rings. The van der Waals surface area contributed by atoms with Gasteiger partial charge in [-0.2, -0.15) is 0 Å². The fourth-order valence-corrected chi connectivity index (χ4v) is 3.32. The topological polar surface area (TPSA) is 38.7 Å². The quantitative estimate of drug-likeness (QED) is 0.456. The van der Waals surface area contributed by atoms with E-state index in [-0.39, 0.29) is 0 Å². The summed E-state index contributed by atoms with van der Waals surface area (Å²) in [5, 5.41) is 12.8. The fourth-order valence-electron chi connectivity index (χ4n) is 2.84. The third-order valence-electron chi connectivity index (χ3n) is 4.00. The van der Waals surface area contributed by atoms with Crippen LogP contribution in [0.5, 0.6) is 0 Å². The summed E-state index contributed by atoms with van der Waals surface area (Å²) in [6, 6.07) is 28.3. The number of hydrogen-bond donors (Lipinski definition) is 0. The lowest BCUT2D eigenvalue weighted by atomic mass is 9.95. The van der Waals surface area contributed by atoms with E-state index in [1.54, 1.807) is 0 Å². The number of halogens is 1. The molecule has 0 atom stereocenters. The molecule has 1 heterocycles. The lowest BCUT2D eigenvalue weighted by Gasteiger charge is -2.14. The lowest BCUT2D eigenvalue weighted by molar-refractivity contribution is 0.878. The van der Waals surface area contributed by atoms with Crippen molar-refractivity contribution >= 4 is 15.9 Å². The molecule has 1 aromatic heterocycles. The Bertz CT molecular complexity index is 944. The second kappa shape index (κ2) is 6.95. The zero-order chi connectivity index (χ0) is 17.1. The van der Waals surface area contributed by atoms with E-state index in [9.17, 15) is 0 Å². The van der Waals surface area contributed by atoms with E-state index < -0.39 is 0 Å². The Kier molecular flexibility index (Phi) is 4.36. The minimum atomic E-state index is 0.821. The van der Waals surface area contributed by atoms with Crippen LogP contribution in [-0.2, 0) is 0 Å². The van der Waals surface area contributed by atoms with E-state index >= 15 is 0 Å². The van der Waals surface area contributed by atoms with Gasteiger partial charge in [0.05, 0.1) is 0 Å². The average Bonchev–Trinajstić information content (AvgIpc) is 2.69. The molecule has 120 valence electrons. The molecule has 0 bridgehead atoms. The highest BCUT2D eigenvalue weighted by Crippen LogP contribution is 2.39. The second-order valence-electron chi connectivity index (χ2n) is 5.57. The summed E-state index contributed by atoms with van der Waals surface area (Å²) in [5.74, 6) is 0. The molecule has 25 heavy (non-hydrogen) atoms. The molecule has 0 aliphatic heterocycles. The summed E-state index contributed by atoms with van der Waals surface area (Å²) in [6.45, 7) is 0. The SMILES string of the molecule is Brc1ccccc1-c1c(-c2ccccc2)nnnc1-c1ccccc1. The highest BCUT2D eigenvalue weighted by molar-refractivity contribution is 9.10. The molecule has 4 heteroatoms. The standard InChI is InChI=1S/C21H14BrN3/c22-18-14-8-7-13-17(18)19-20(15-9-3-1-4-10-15)23-25-24-21(19)16-11-5-2-6-12-16/h1-14H. The molecular weight excluding hydrogens is 374 g/mol. The molecule has 4 aromatic rings. The summed E-state index contributed by atoms with van der Waals surface area (Å²) >= 11 is 3.67. The van der Waals surface area contributed by atoms with Crippen LogP contribution in [0.2, 0.25) is 0 Å². The number of nitrogens with zero attached hydrogens (tertiary/aromatic N) is 3. The van der Waals surface area contributed by atoms with Crippen LogP contribution in [0, 0.1) is 0 Å². The molecule has 0 aliphatic rings. The van der Waals surface area contributed by atoms with Crippen molar-refractivity contribution in [2.24, 2.45) is 0 Å². The Balaban J connectivity index is 2.06. The number of aromatic nitrogens is 3. The first-order chi connectivity index (χ1) is 12.3. The Morgan fingerprint density at radius 2 is 1.04 bits per heavy atom. The fraction of sp³-hybridized carbons (Fsp3) is 0. The lowest BCUT2D eigenvalue weighted by Crippen LogP contribution is -2.00. The molecule has 3 aromatic carbocycles. The van der Waals surface area contributed by atoms with Gasteiger partial charge in [0.1, 0.15) is 11.4 Å². The van der Waals surface area contributed by atoms with Crippen LogP contribution in [0.25, 0.3) is 33.6 Å². The predicted molar refractivity (Wildman–Crippen MR) is 104 cm³/mol. The van der Waals surface area contributed by atoms with Crippen LogP contribution in [0.1, 0.15) is 0 Å². The van der Waals surface area contributed by atoms with E-state index in [1.807, 2.05) is 78.9 Å². The van der Waals surface area contributed by atoms with Crippen molar-refractivity contribution < 1.29 is 0 Å². The molecule has 4 rings (SSSR count). The van der Waals surface area contributed by atoms with Crippen molar-refractivity contribution in [2.45, 2.75) is 0 Å². The normalized spacial score (nSPS) is 10.6. The number of rotatable bonds is 3. The molecule has 0 spiro atoms. The third kappa shape index (κ3) is 3.08. The number of benzene rings is 3. The summed E-state index contributed by atoms with van der Waals surface area (Å²) in [6.07, 6.45) is 0. The van der Waals surface area contributed by atoms with Gasteiger partial charge >= 0.3 is 0 Å². The Morgan fingerprint density at radius 3 is 1.56 bits per heavy atom. The monoisotopic (exact) mass is 387 g/mol. The van der Waals surface area contributed by atoms with E-state index in [4.69, 9.17) is 0 Å². The maximum atomic E-state index is 4.37. The van der Waals surface area contributed by atoms with E-state index in [0.29, 0.717) is 0 Å². The van der Waals surface area contributed by atoms with Gasteiger partial charge in [0.25, 0.3) is 0 Å².